The van der Waals surface area contributed by atoms with Gasteiger partial charge in [0.05, 0.1) is 11.4 Å². The molecule has 47 heavy (non-hydrogen) atoms. The van der Waals surface area contributed by atoms with Gasteiger partial charge in [-0.25, -0.2) is 0 Å². The number of fused-ring (bicyclic) bond motifs is 2. The number of hydrogen-bond donors (Lipinski definition) is 0. The largest absolute Gasteiger partial charge is 0.314 e. The molecule has 0 unspecified atom stereocenters. The molecule has 0 radical (unpaired) electrons. The molecule has 0 spiro atoms. The normalized spacial score (nSPS) is 13.4. The molecule has 1 aliphatic carbocycles. The topological polar surface area (TPSA) is 6.48 Å². The first-order valence-corrected chi connectivity index (χ1v) is 16.3. The molecule has 0 fully saturated rings. The summed E-state index contributed by atoms with van der Waals surface area (Å²) in [7, 11) is 0. The number of para-hydroxylation sites is 1. The van der Waals surface area contributed by atoms with Crippen LogP contribution < -0.4 is 9.80 Å². The van der Waals surface area contributed by atoms with Crippen LogP contribution in [0.1, 0.15) is 25.8 Å². The summed E-state index contributed by atoms with van der Waals surface area (Å²) >= 11 is 0. The predicted octanol–water partition coefficient (Wildman–Crippen LogP) is 12.7. The lowest BCUT2D eigenvalue weighted by atomic mass is 10.0. The van der Waals surface area contributed by atoms with E-state index in [1.807, 2.05) is 0 Å². The summed E-state index contributed by atoms with van der Waals surface area (Å²) in [6.45, 7) is 4.38. The Balaban J connectivity index is 1.23. The minimum absolute atomic E-state index is 0.897. The van der Waals surface area contributed by atoms with Crippen molar-refractivity contribution in [2.24, 2.45) is 0 Å². The molecule has 6 aromatic rings. The maximum Gasteiger partial charge on any atom is 0.0539 e. The van der Waals surface area contributed by atoms with Gasteiger partial charge < -0.3 is 9.80 Å². The van der Waals surface area contributed by atoms with Crippen molar-refractivity contribution in [2.45, 2.75) is 20.3 Å². The molecule has 2 nitrogen and oxygen atoms in total. The molecule has 0 aromatic heterocycles. The number of hydrogen-bond acceptors (Lipinski definition) is 2. The van der Waals surface area contributed by atoms with Gasteiger partial charge in [-0.2, -0.15) is 0 Å². The Morgan fingerprint density at radius 3 is 1.89 bits per heavy atom. The molecule has 1 aliphatic rings. The second-order valence-corrected chi connectivity index (χ2v) is 11.9. The summed E-state index contributed by atoms with van der Waals surface area (Å²) in [5, 5.41) is 4.93. The summed E-state index contributed by atoms with van der Waals surface area (Å²) in [4.78, 5) is 4.72. The van der Waals surface area contributed by atoms with Crippen LogP contribution >= 0.6 is 0 Å². The van der Waals surface area contributed by atoms with E-state index in [1.54, 1.807) is 0 Å². The van der Waals surface area contributed by atoms with E-state index in [2.05, 4.69) is 206 Å². The van der Waals surface area contributed by atoms with Crippen LogP contribution in [0.25, 0.3) is 27.1 Å². The second kappa shape index (κ2) is 13.6. The molecule has 228 valence electrons. The average Bonchev–Trinajstić information content (AvgIpc) is 3.41. The lowest BCUT2D eigenvalue weighted by Crippen LogP contribution is -2.15. The maximum atomic E-state index is 2.38. The fourth-order valence-corrected chi connectivity index (χ4v) is 6.37. The van der Waals surface area contributed by atoms with Gasteiger partial charge in [0.25, 0.3) is 0 Å². The van der Waals surface area contributed by atoms with E-state index in [-0.39, 0.29) is 0 Å². The Morgan fingerprint density at radius 1 is 0.553 bits per heavy atom. The van der Waals surface area contributed by atoms with E-state index in [4.69, 9.17) is 0 Å². The van der Waals surface area contributed by atoms with Crippen LogP contribution in [0.2, 0.25) is 0 Å². The molecule has 2 heteroatoms. The highest BCUT2D eigenvalue weighted by molar-refractivity contribution is 5.98. The van der Waals surface area contributed by atoms with E-state index in [1.165, 1.54) is 49.8 Å². The van der Waals surface area contributed by atoms with Crippen LogP contribution in [-0.4, -0.2) is 0 Å². The first-order chi connectivity index (χ1) is 23.2. The van der Waals surface area contributed by atoms with Gasteiger partial charge in [-0.15, -0.1) is 0 Å². The third-order valence-corrected chi connectivity index (χ3v) is 8.77. The van der Waals surface area contributed by atoms with E-state index in [0.29, 0.717) is 0 Å². The lowest BCUT2D eigenvalue weighted by molar-refractivity contribution is 1.16. The zero-order valence-corrected chi connectivity index (χ0v) is 26.9. The zero-order valence-electron chi connectivity index (χ0n) is 26.9. The highest BCUT2D eigenvalue weighted by atomic mass is 15.2. The first-order valence-electron chi connectivity index (χ1n) is 16.3. The van der Waals surface area contributed by atoms with Crippen LogP contribution in [0.15, 0.2) is 193 Å². The van der Waals surface area contributed by atoms with Crippen molar-refractivity contribution in [3.63, 3.8) is 0 Å². The number of benzene rings is 6. The number of rotatable bonds is 8. The number of nitrogens with zero attached hydrogens (tertiary/aromatic N) is 2. The molecule has 0 heterocycles. The Labute approximate surface area is 278 Å². The highest BCUT2D eigenvalue weighted by Crippen LogP contribution is 2.38. The predicted molar refractivity (Wildman–Crippen MR) is 203 cm³/mol. The van der Waals surface area contributed by atoms with Crippen LogP contribution in [0.4, 0.5) is 22.7 Å². The van der Waals surface area contributed by atoms with Gasteiger partial charge in [0, 0.05) is 33.5 Å². The van der Waals surface area contributed by atoms with Crippen molar-refractivity contribution in [1.82, 2.24) is 0 Å². The molecule has 0 saturated heterocycles. The summed E-state index contributed by atoms with van der Waals surface area (Å²) in [6, 6.07) is 49.9. The first kappa shape index (κ1) is 29.8. The maximum absolute atomic E-state index is 2.38. The Morgan fingerprint density at radius 2 is 1.17 bits per heavy atom. The monoisotopic (exact) mass is 606 g/mol. The smallest absolute Gasteiger partial charge is 0.0539 e. The van der Waals surface area contributed by atoms with Crippen molar-refractivity contribution < 1.29 is 0 Å². The minimum atomic E-state index is 0.897. The van der Waals surface area contributed by atoms with E-state index in [0.717, 1.165) is 23.5 Å². The molecular formula is C45H38N2. The molecule has 0 amide bonds. The second-order valence-electron chi connectivity index (χ2n) is 11.9. The molecule has 0 bridgehead atoms. The average molecular weight is 607 g/mol. The molecular weight excluding hydrogens is 569 g/mol. The SMILES string of the molecule is C/C(=C\C=C(/C)N(c1ccccc1)c1cccc2ccccc12)c1ccc(N(C2=CCC=CC=C2)c2cccc3ccccc23)cc1. The van der Waals surface area contributed by atoms with Crippen molar-refractivity contribution in [3.05, 3.63) is 199 Å². The van der Waals surface area contributed by atoms with Gasteiger partial charge in [-0.05, 0) is 90.7 Å². The number of anilines is 4. The minimum Gasteiger partial charge on any atom is -0.314 e. The molecule has 0 aliphatic heterocycles. The Kier molecular flexibility index (Phi) is 8.66. The molecule has 0 N–H and O–H groups in total. The number of allylic oxidation sites excluding steroid dienone is 9. The van der Waals surface area contributed by atoms with Crippen molar-refractivity contribution in [1.29, 1.82) is 0 Å². The van der Waals surface area contributed by atoms with Gasteiger partial charge in [-0.1, -0.05) is 134 Å². The van der Waals surface area contributed by atoms with Crippen LogP contribution in [0, 0.1) is 0 Å². The van der Waals surface area contributed by atoms with Crippen LogP contribution in [0.5, 0.6) is 0 Å². The quantitative estimate of drug-likeness (QED) is 0.159. The van der Waals surface area contributed by atoms with Crippen LogP contribution in [0.3, 0.4) is 0 Å². The molecule has 7 rings (SSSR count). The fraction of sp³-hybridized carbons (Fsp3) is 0.0667. The van der Waals surface area contributed by atoms with Crippen molar-refractivity contribution >= 4 is 49.9 Å². The Bertz CT molecular complexity index is 2170. The Hall–Kier alpha value is -5.86. The van der Waals surface area contributed by atoms with E-state index < -0.39 is 0 Å². The van der Waals surface area contributed by atoms with Gasteiger partial charge in [0.15, 0.2) is 0 Å². The van der Waals surface area contributed by atoms with Gasteiger partial charge in [0.2, 0.25) is 0 Å². The summed E-state index contributed by atoms with van der Waals surface area (Å²) < 4.78 is 0. The van der Waals surface area contributed by atoms with Crippen molar-refractivity contribution in [2.75, 3.05) is 9.80 Å². The standard InChI is InChI=1S/C45H38N2/c1-34(28-29-35(2)46(39-20-8-5-9-21-39)44-26-14-18-37-16-10-12-24-42(37)44)36-30-32-41(33-31-36)47(40-22-6-3-4-7-23-40)45-27-15-19-38-17-11-13-25-43(38)45/h3-6,8-33H,7H2,1-2H3/b34-28+,35-29+. The van der Waals surface area contributed by atoms with Gasteiger partial charge in [-0.3, -0.25) is 0 Å². The molecule has 6 aromatic carbocycles. The van der Waals surface area contributed by atoms with Crippen LogP contribution in [-0.2, 0) is 0 Å². The highest BCUT2D eigenvalue weighted by Gasteiger charge is 2.17. The van der Waals surface area contributed by atoms with E-state index in [9.17, 15) is 0 Å². The summed E-state index contributed by atoms with van der Waals surface area (Å²) in [6.07, 6.45) is 16.3. The third kappa shape index (κ3) is 6.32. The van der Waals surface area contributed by atoms with Crippen molar-refractivity contribution in [3.8, 4) is 0 Å². The van der Waals surface area contributed by atoms with E-state index >= 15 is 0 Å². The lowest BCUT2D eigenvalue weighted by Gasteiger charge is -2.28. The van der Waals surface area contributed by atoms with Gasteiger partial charge in [0.1, 0.15) is 0 Å². The fourth-order valence-electron chi connectivity index (χ4n) is 6.37. The zero-order chi connectivity index (χ0) is 32.0. The third-order valence-electron chi connectivity index (χ3n) is 8.77. The summed E-state index contributed by atoms with van der Waals surface area (Å²) in [5.41, 5.74) is 9.33. The van der Waals surface area contributed by atoms with Gasteiger partial charge >= 0.3 is 0 Å². The summed E-state index contributed by atoms with van der Waals surface area (Å²) in [5.74, 6) is 0. The molecule has 0 saturated carbocycles. The molecule has 0 atom stereocenters.